The van der Waals surface area contributed by atoms with E-state index in [0.717, 1.165) is 11.4 Å². The summed E-state index contributed by atoms with van der Waals surface area (Å²) in [6.07, 6.45) is 4.83. The molecule has 4 rings (SSSR count). The minimum absolute atomic E-state index is 0. The van der Waals surface area contributed by atoms with Crippen molar-refractivity contribution in [1.82, 2.24) is 9.97 Å². The molecular weight excluding hydrogens is 513 g/mol. The maximum Gasteiger partial charge on any atom is 2.00 e. The van der Waals surface area contributed by atoms with Gasteiger partial charge in [0.15, 0.2) is 5.78 Å². The van der Waals surface area contributed by atoms with E-state index in [0.29, 0.717) is 11.3 Å². The van der Waals surface area contributed by atoms with E-state index in [4.69, 9.17) is 0 Å². The van der Waals surface area contributed by atoms with Crippen LogP contribution in [0.4, 0.5) is 5.69 Å². The molecule has 0 N–H and O–H groups in total. The summed E-state index contributed by atoms with van der Waals surface area (Å²) in [7, 11) is 0. The zero-order chi connectivity index (χ0) is 23.5. The Morgan fingerprint density at radius 3 is 1.80 bits per heavy atom. The van der Waals surface area contributed by atoms with Crippen LogP contribution in [0.1, 0.15) is 12.5 Å². The maximum absolute atomic E-state index is 12.1. The standard InChI is InChI=1S/C17H15NO3.C10H8N2.ClH.Cu/c1-12(19)15(11-13-7-5-6-10-16(13)20)17(21)18-14-8-3-2-4-9-14;1-3-7-11-9(5-1)10-6-2-4-8-12-10;;/h2-11,20H,1H3,(H,18,21);1-8H;1H;/q;;;+2/p-2/b15-11+;;;. The first-order valence-electron chi connectivity index (χ1n) is 10.2. The Labute approximate surface area is 221 Å². The summed E-state index contributed by atoms with van der Waals surface area (Å²) in [5, 5.41) is 23.8. The number of Topliss-reactive ketones (excluding diaryl/α,β-unsaturated/α-hetero) is 1. The summed E-state index contributed by atoms with van der Waals surface area (Å²) < 4.78 is 0. The average Bonchev–Trinajstić information content (AvgIpc) is 2.85. The van der Waals surface area contributed by atoms with Crippen molar-refractivity contribution in [3.8, 4) is 17.1 Å². The first-order valence-corrected chi connectivity index (χ1v) is 10.2. The predicted molar refractivity (Wildman–Crippen MR) is 133 cm³/mol. The van der Waals surface area contributed by atoms with Gasteiger partial charge in [0.2, 0.25) is 0 Å². The number of carbonyl (C=O) groups excluding carboxylic acids is 1. The molecule has 35 heavy (non-hydrogen) atoms. The Morgan fingerprint density at radius 1 is 0.800 bits per heavy atom. The van der Waals surface area contributed by atoms with Crippen LogP contribution in [-0.2, 0) is 21.9 Å². The number of pyridine rings is 2. The Morgan fingerprint density at radius 2 is 1.31 bits per heavy atom. The molecule has 0 amide bonds. The van der Waals surface area contributed by atoms with Gasteiger partial charge < -0.3 is 10.2 Å². The number of benzene rings is 2. The van der Waals surface area contributed by atoms with Gasteiger partial charge in [-0.3, -0.25) is 19.8 Å². The molecule has 0 unspecified atom stereocenters. The fourth-order valence-corrected chi connectivity index (χ4v) is 2.78. The van der Waals surface area contributed by atoms with Gasteiger partial charge >= 0.3 is 17.1 Å². The molecule has 0 bridgehead atoms. The molecule has 0 aliphatic rings. The number of halogens is 1. The van der Waals surface area contributed by atoms with Crippen LogP contribution in [0.15, 0.2) is 114 Å². The van der Waals surface area contributed by atoms with Crippen molar-refractivity contribution < 1.29 is 32.1 Å². The van der Waals surface area contributed by atoms with E-state index in [-0.39, 0.29) is 40.8 Å². The smallest absolute Gasteiger partial charge is 0.872 e. The number of para-hydroxylation sites is 2. The molecule has 0 saturated carbocycles. The van der Waals surface area contributed by atoms with Crippen LogP contribution < -0.4 is 10.2 Å². The normalized spacial score (nSPS) is 10.7. The number of hydrogen-bond donors (Lipinski definition) is 0. The van der Waals surface area contributed by atoms with Gasteiger partial charge in [-0.2, -0.15) is 0 Å². The van der Waals surface area contributed by atoms with Gasteiger partial charge in [-0.05, 0) is 60.9 Å². The van der Waals surface area contributed by atoms with E-state index >= 15 is 0 Å². The molecule has 0 aliphatic carbocycles. The van der Waals surface area contributed by atoms with Crippen molar-refractivity contribution >= 4 is 35.9 Å². The number of ketones is 1. The third-order valence-electron chi connectivity index (χ3n) is 4.41. The first-order chi connectivity index (χ1) is 16.0. The quantitative estimate of drug-likeness (QED) is 0.163. The molecule has 4 aromatic rings. The van der Waals surface area contributed by atoms with Gasteiger partial charge in [-0.15, -0.1) is 18.2 Å². The van der Waals surface area contributed by atoms with Gasteiger partial charge in [0.1, 0.15) is 0 Å². The number of aromatic nitrogens is 2. The van der Waals surface area contributed by atoms with Crippen LogP contribution in [0, 0.1) is 0 Å². The summed E-state index contributed by atoms with van der Waals surface area (Å²) in [4.78, 5) is 23.9. The van der Waals surface area contributed by atoms with Crippen LogP contribution in [0.3, 0.4) is 0 Å². The van der Waals surface area contributed by atoms with Crippen molar-refractivity contribution in [1.29, 1.82) is 0 Å². The predicted octanol–water partition coefficient (Wildman–Crippen LogP) is 4.39. The van der Waals surface area contributed by atoms with E-state index in [2.05, 4.69) is 15.0 Å². The van der Waals surface area contributed by atoms with E-state index in [1.54, 1.807) is 60.9 Å². The Hall–Kier alpha value is -3.77. The van der Waals surface area contributed by atoms with Gasteiger partial charge in [-0.25, -0.2) is 0 Å². The number of carbonyl (C=O) groups is 1. The molecule has 0 fully saturated rings. The van der Waals surface area contributed by atoms with Crippen molar-refractivity contribution in [2.75, 3.05) is 0 Å². The number of aliphatic imine (C=N–C) groups is 1. The van der Waals surface area contributed by atoms with Crippen LogP contribution in [0.5, 0.6) is 5.75 Å². The maximum atomic E-state index is 12.1. The van der Waals surface area contributed by atoms with E-state index < -0.39 is 11.7 Å². The molecule has 2 aromatic heterocycles. The van der Waals surface area contributed by atoms with E-state index in [1.165, 1.54) is 19.1 Å². The molecular formula is C27H22ClCuN3O3. The minimum atomic E-state index is -0.656. The fraction of sp³-hybridized carbons (Fsp3) is 0.0370. The Bertz CT molecular complexity index is 1210. The van der Waals surface area contributed by atoms with Crippen molar-refractivity contribution in [2.24, 2.45) is 4.99 Å². The zero-order valence-electron chi connectivity index (χ0n) is 18.7. The second-order valence-corrected chi connectivity index (χ2v) is 6.83. The SMILES string of the molecule is CC(=O)/C(=C\c1ccccc1[O-])C([O-])=Nc1ccccc1.Cl.[Cu+2].c1ccc(-c2ccccn2)nc1. The first kappa shape index (κ1) is 29.3. The number of hydrogen-bond acceptors (Lipinski definition) is 6. The third-order valence-corrected chi connectivity index (χ3v) is 4.41. The summed E-state index contributed by atoms with van der Waals surface area (Å²) in [5.74, 6) is -1.33. The van der Waals surface area contributed by atoms with Crippen LogP contribution in [0.25, 0.3) is 17.5 Å². The number of rotatable bonds is 5. The average molecular weight is 535 g/mol. The monoisotopic (exact) mass is 534 g/mol. The van der Waals surface area contributed by atoms with Crippen LogP contribution in [-0.4, -0.2) is 21.6 Å². The number of nitrogens with zero attached hydrogens (tertiary/aromatic N) is 3. The fourth-order valence-electron chi connectivity index (χ4n) is 2.78. The van der Waals surface area contributed by atoms with Gasteiger partial charge in [0, 0.05) is 18.0 Å². The van der Waals surface area contributed by atoms with E-state index in [9.17, 15) is 15.0 Å². The van der Waals surface area contributed by atoms with Crippen molar-refractivity contribution in [2.45, 2.75) is 6.92 Å². The summed E-state index contributed by atoms with van der Waals surface area (Å²) in [5.41, 5.74) is 2.47. The van der Waals surface area contributed by atoms with Crippen molar-refractivity contribution in [3.63, 3.8) is 0 Å². The van der Waals surface area contributed by atoms with Crippen LogP contribution in [0.2, 0.25) is 0 Å². The minimum Gasteiger partial charge on any atom is -0.872 e. The zero-order valence-corrected chi connectivity index (χ0v) is 20.4. The molecule has 2 heterocycles. The molecule has 2 aromatic carbocycles. The molecule has 181 valence electrons. The Kier molecular flexibility index (Phi) is 12.7. The molecule has 1 radical (unpaired) electrons. The van der Waals surface area contributed by atoms with Gasteiger partial charge in [0.05, 0.1) is 17.1 Å². The molecule has 6 nitrogen and oxygen atoms in total. The topological polar surface area (TPSA) is 101 Å². The second kappa shape index (κ2) is 15.2. The second-order valence-electron chi connectivity index (χ2n) is 6.83. The van der Waals surface area contributed by atoms with Gasteiger partial charge in [-0.1, -0.05) is 54.6 Å². The molecule has 0 spiro atoms. The summed E-state index contributed by atoms with van der Waals surface area (Å²) in [6.45, 7) is 1.28. The third kappa shape index (κ3) is 9.18. The molecule has 8 heteroatoms. The molecule has 0 saturated heterocycles. The van der Waals surface area contributed by atoms with Crippen molar-refractivity contribution in [3.05, 3.63) is 115 Å². The summed E-state index contributed by atoms with van der Waals surface area (Å²) >= 11 is 0. The molecule has 0 aliphatic heterocycles. The molecule has 0 atom stereocenters. The van der Waals surface area contributed by atoms with Crippen LogP contribution >= 0.6 is 12.4 Å². The summed E-state index contributed by atoms with van der Waals surface area (Å²) in [6, 6.07) is 26.4. The van der Waals surface area contributed by atoms with Gasteiger partial charge in [0.25, 0.3) is 0 Å². The Balaban J connectivity index is 0.000000374. The largest absolute Gasteiger partial charge is 2.00 e. The van der Waals surface area contributed by atoms with E-state index in [1.807, 2.05) is 36.4 Å².